The van der Waals surface area contributed by atoms with E-state index in [0.717, 1.165) is 9.54 Å². The van der Waals surface area contributed by atoms with E-state index >= 15 is 0 Å². The Balaban J connectivity index is 1.99. The highest BCUT2D eigenvalue weighted by atomic mass is 32.2. The normalized spacial score (nSPS) is 11.8. The van der Waals surface area contributed by atoms with Crippen LogP contribution in [-0.2, 0) is 10.0 Å². The van der Waals surface area contributed by atoms with Crippen LogP contribution in [0.15, 0.2) is 77.8 Å². The third kappa shape index (κ3) is 3.02. The van der Waals surface area contributed by atoms with Crippen molar-refractivity contribution < 1.29 is 17.2 Å². The van der Waals surface area contributed by atoms with Crippen molar-refractivity contribution >= 4 is 20.9 Å². The second-order valence-corrected chi connectivity index (χ2v) is 8.14. The van der Waals surface area contributed by atoms with Gasteiger partial charge in [-0.3, -0.25) is 0 Å². The number of hydrogen-bond donors (Lipinski definition) is 0. The third-order valence-electron chi connectivity index (χ3n) is 4.47. The number of aryl methyl sites for hydroxylation is 1. The quantitative estimate of drug-likeness (QED) is 0.492. The Morgan fingerprint density at radius 2 is 1.44 bits per heavy atom. The molecule has 0 N–H and O–H groups in total. The van der Waals surface area contributed by atoms with E-state index in [1.54, 1.807) is 24.3 Å². The van der Waals surface area contributed by atoms with E-state index in [0.29, 0.717) is 16.5 Å². The molecule has 0 saturated heterocycles. The second-order valence-electron chi connectivity index (χ2n) is 6.33. The van der Waals surface area contributed by atoms with Crippen molar-refractivity contribution in [2.75, 3.05) is 0 Å². The van der Waals surface area contributed by atoms with E-state index in [1.807, 2.05) is 6.92 Å². The van der Waals surface area contributed by atoms with E-state index in [9.17, 15) is 17.2 Å². The summed E-state index contributed by atoms with van der Waals surface area (Å²) in [5.74, 6) is -0.924. The van der Waals surface area contributed by atoms with Crippen LogP contribution in [0.1, 0.15) is 5.56 Å². The fraction of sp³-hybridized carbons (Fsp3) is 0.0476. The fourth-order valence-electron chi connectivity index (χ4n) is 3.05. The van der Waals surface area contributed by atoms with E-state index < -0.39 is 15.8 Å². The standard InChI is InChI=1S/C21H15F2NO2S/c1-14-2-9-18(10-3-14)27(25,26)24-13-20(15-4-6-16(22)7-5-15)19-11-8-17(23)12-21(19)24/h2-13H,1H3. The van der Waals surface area contributed by atoms with Crippen molar-refractivity contribution in [3.63, 3.8) is 0 Å². The lowest BCUT2D eigenvalue weighted by Gasteiger charge is -2.08. The maximum atomic E-state index is 13.9. The highest BCUT2D eigenvalue weighted by Crippen LogP contribution is 2.33. The van der Waals surface area contributed by atoms with Gasteiger partial charge in [-0.05, 0) is 55.0 Å². The van der Waals surface area contributed by atoms with Crippen LogP contribution in [0.4, 0.5) is 8.78 Å². The fourth-order valence-corrected chi connectivity index (χ4v) is 4.41. The maximum Gasteiger partial charge on any atom is 0.268 e. The molecule has 0 unspecified atom stereocenters. The molecule has 0 aliphatic carbocycles. The highest BCUT2D eigenvalue weighted by Gasteiger charge is 2.22. The molecule has 0 spiro atoms. The zero-order valence-electron chi connectivity index (χ0n) is 14.4. The second kappa shape index (κ2) is 6.32. The van der Waals surface area contributed by atoms with Crippen LogP contribution in [0.3, 0.4) is 0 Å². The number of hydrogen-bond acceptors (Lipinski definition) is 2. The summed E-state index contributed by atoms with van der Waals surface area (Å²) in [6.07, 6.45) is 1.45. The topological polar surface area (TPSA) is 39.1 Å². The molecule has 4 rings (SSSR count). The average molecular weight is 383 g/mol. The van der Waals surface area contributed by atoms with Crippen molar-refractivity contribution in [2.45, 2.75) is 11.8 Å². The Morgan fingerprint density at radius 1 is 0.815 bits per heavy atom. The molecule has 0 aliphatic rings. The molecule has 0 saturated carbocycles. The molecule has 6 heteroatoms. The minimum absolute atomic E-state index is 0.111. The zero-order valence-corrected chi connectivity index (χ0v) is 15.2. The Hall–Kier alpha value is -2.99. The van der Waals surface area contributed by atoms with Crippen molar-refractivity contribution in [3.8, 4) is 11.1 Å². The summed E-state index contributed by atoms with van der Waals surface area (Å²) < 4.78 is 54.5. The summed E-state index contributed by atoms with van der Waals surface area (Å²) in [5.41, 5.74) is 2.39. The van der Waals surface area contributed by atoms with Gasteiger partial charge in [0.2, 0.25) is 0 Å². The molecule has 1 heterocycles. The van der Waals surface area contributed by atoms with Crippen molar-refractivity contribution in [1.82, 2.24) is 3.97 Å². The van der Waals surface area contributed by atoms with E-state index in [4.69, 9.17) is 0 Å². The number of benzene rings is 3. The lowest BCUT2D eigenvalue weighted by atomic mass is 10.0. The van der Waals surface area contributed by atoms with Crippen molar-refractivity contribution in [2.24, 2.45) is 0 Å². The molecule has 0 radical (unpaired) electrons. The Kier molecular flexibility index (Phi) is 4.08. The number of fused-ring (bicyclic) bond motifs is 1. The minimum atomic E-state index is -3.92. The smallest absolute Gasteiger partial charge is 0.240 e. The Labute approximate surface area is 155 Å². The SMILES string of the molecule is Cc1ccc(S(=O)(=O)n2cc(-c3ccc(F)cc3)c3ccc(F)cc32)cc1. The summed E-state index contributed by atoms with van der Waals surface area (Å²) in [5, 5.41) is 0.568. The summed E-state index contributed by atoms with van der Waals surface area (Å²) >= 11 is 0. The van der Waals surface area contributed by atoms with Crippen LogP contribution in [0, 0.1) is 18.6 Å². The molecule has 3 nitrogen and oxygen atoms in total. The summed E-state index contributed by atoms with van der Waals surface area (Å²) in [7, 11) is -3.92. The largest absolute Gasteiger partial charge is 0.268 e. The average Bonchev–Trinajstić information content (AvgIpc) is 3.02. The van der Waals surface area contributed by atoms with Crippen LogP contribution < -0.4 is 0 Å². The van der Waals surface area contributed by atoms with Gasteiger partial charge in [0.05, 0.1) is 10.4 Å². The minimum Gasteiger partial charge on any atom is -0.240 e. The van der Waals surface area contributed by atoms with Gasteiger partial charge in [0.1, 0.15) is 11.6 Å². The monoisotopic (exact) mass is 383 g/mol. The molecule has 0 fully saturated rings. The number of nitrogens with zero attached hydrogens (tertiary/aromatic N) is 1. The summed E-state index contributed by atoms with van der Waals surface area (Å²) in [6, 6.07) is 16.2. The van der Waals surface area contributed by atoms with Crippen LogP contribution in [0.2, 0.25) is 0 Å². The lowest BCUT2D eigenvalue weighted by molar-refractivity contribution is 0.589. The molecule has 4 aromatic rings. The van der Waals surface area contributed by atoms with E-state index in [1.165, 1.54) is 48.7 Å². The van der Waals surface area contributed by atoms with Crippen LogP contribution in [-0.4, -0.2) is 12.4 Å². The first kappa shape index (κ1) is 17.4. The molecule has 0 bridgehead atoms. The molecule has 0 atom stereocenters. The molecular formula is C21H15F2NO2S. The first-order valence-corrected chi connectivity index (χ1v) is 9.69. The van der Waals surface area contributed by atoms with Crippen molar-refractivity contribution in [3.05, 3.63) is 90.1 Å². The zero-order chi connectivity index (χ0) is 19.2. The van der Waals surface area contributed by atoms with Gasteiger partial charge in [0.15, 0.2) is 0 Å². The van der Waals surface area contributed by atoms with Gasteiger partial charge >= 0.3 is 0 Å². The Bertz CT molecular complexity index is 1240. The first-order chi connectivity index (χ1) is 12.9. The predicted molar refractivity (Wildman–Crippen MR) is 101 cm³/mol. The lowest BCUT2D eigenvalue weighted by Crippen LogP contribution is -2.11. The van der Waals surface area contributed by atoms with Gasteiger partial charge in [0, 0.05) is 17.1 Å². The first-order valence-electron chi connectivity index (χ1n) is 8.25. The molecule has 0 aliphatic heterocycles. The maximum absolute atomic E-state index is 13.9. The van der Waals surface area contributed by atoms with E-state index in [2.05, 4.69) is 0 Å². The molecular weight excluding hydrogens is 368 g/mol. The van der Waals surface area contributed by atoms with Crippen LogP contribution in [0.5, 0.6) is 0 Å². The van der Waals surface area contributed by atoms with Gasteiger partial charge in [-0.1, -0.05) is 29.8 Å². The van der Waals surface area contributed by atoms with Gasteiger partial charge in [0.25, 0.3) is 10.0 Å². The molecule has 1 aromatic heterocycles. The van der Waals surface area contributed by atoms with Crippen LogP contribution in [0.25, 0.3) is 22.0 Å². The van der Waals surface area contributed by atoms with Crippen LogP contribution >= 0.6 is 0 Å². The molecule has 136 valence electrons. The van der Waals surface area contributed by atoms with Gasteiger partial charge in [-0.2, -0.15) is 0 Å². The number of rotatable bonds is 3. The molecule has 27 heavy (non-hydrogen) atoms. The number of halogens is 2. The summed E-state index contributed by atoms with van der Waals surface area (Å²) in [4.78, 5) is 0.111. The number of aromatic nitrogens is 1. The van der Waals surface area contributed by atoms with Gasteiger partial charge < -0.3 is 0 Å². The third-order valence-corrected chi connectivity index (χ3v) is 6.15. The Morgan fingerprint density at radius 3 is 2.11 bits per heavy atom. The molecule has 3 aromatic carbocycles. The highest BCUT2D eigenvalue weighted by molar-refractivity contribution is 7.90. The summed E-state index contributed by atoms with van der Waals surface area (Å²) in [6.45, 7) is 1.86. The molecule has 0 amide bonds. The van der Waals surface area contributed by atoms with Gasteiger partial charge in [-0.25, -0.2) is 21.2 Å². The van der Waals surface area contributed by atoms with E-state index in [-0.39, 0.29) is 16.2 Å². The van der Waals surface area contributed by atoms with Crippen molar-refractivity contribution in [1.29, 1.82) is 0 Å². The van der Waals surface area contributed by atoms with Gasteiger partial charge in [-0.15, -0.1) is 0 Å². The predicted octanol–water partition coefficient (Wildman–Crippen LogP) is 5.13.